The van der Waals surface area contributed by atoms with E-state index in [9.17, 15) is 4.79 Å². The van der Waals surface area contributed by atoms with E-state index in [2.05, 4.69) is 13.8 Å². The molecule has 1 unspecified atom stereocenters. The molecular formula is C12H16ClNO2S. The van der Waals surface area contributed by atoms with Crippen LogP contribution in [-0.2, 0) is 0 Å². The van der Waals surface area contributed by atoms with Gasteiger partial charge in [0.1, 0.15) is 0 Å². The third kappa shape index (κ3) is 3.82. The summed E-state index contributed by atoms with van der Waals surface area (Å²) in [4.78, 5) is 11.7. The summed E-state index contributed by atoms with van der Waals surface area (Å²) in [6.07, 6.45) is 1.06. The van der Waals surface area contributed by atoms with Gasteiger partial charge in [-0.25, -0.2) is 4.79 Å². The van der Waals surface area contributed by atoms with Gasteiger partial charge in [0.25, 0.3) is 0 Å². The highest BCUT2D eigenvalue weighted by atomic mass is 35.5. The van der Waals surface area contributed by atoms with Crippen LogP contribution in [0.5, 0.6) is 0 Å². The highest BCUT2D eigenvalue weighted by Gasteiger charge is 2.16. The molecule has 1 rings (SSSR count). The van der Waals surface area contributed by atoms with Crippen LogP contribution in [0, 0.1) is 5.92 Å². The maximum Gasteiger partial charge on any atom is 0.336 e. The highest BCUT2D eigenvalue weighted by Crippen LogP contribution is 2.34. The van der Waals surface area contributed by atoms with Gasteiger partial charge in [0, 0.05) is 16.3 Å². The van der Waals surface area contributed by atoms with Crippen molar-refractivity contribution in [1.29, 1.82) is 0 Å². The quantitative estimate of drug-likeness (QED) is 0.633. The number of halogens is 1. The summed E-state index contributed by atoms with van der Waals surface area (Å²) in [6.45, 7) is 4.23. The van der Waals surface area contributed by atoms with E-state index in [1.54, 1.807) is 6.07 Å². The normalized spacial score (nSPS) is 12.4. The number of carboxylic acids is 1. The monoisotopic (exact) mass is 273 g/mol. The van der Waals surface area contributed by atoms with Crippen LogP contribution in [0.25, 0.3) is 0 Å². The van der Waals surface area contributed by atoms with Crippen LogP contribution in [0.15, 0.2) is 17.0 Å². The molecule has 0 bridgehead atoms. The van der Waals surface area contributed by atoms with Crippen molar-refractivity contribution in [3.8, 4) is 0 Å². The van der Waals surface area contributed by atoms with Crippen molar-refractivity contribution in [3.63, 3.8) is 0 Å². The van der Waals surface area contributed by atoms with E-state index >= 15 is 0 Å². The predicted octanol–water partition coefficient (Wildman–Crippen LogP) is 3.76. The molecule has 3 nitrogen and oxygen atoms in total. The minimum Gasteiger partial charge on any atom is -0.478 e. The van der Waals surface area contributed by atoms with Gasteiger partial charge in [-0.15, -0.1) is 11.8 Å². The fraction of sp³-hybridized carbons (Fsp3) is 0.417. The number of hydrogen-bond acceptors (Lipinski definition) is 3. The van der Waals surface area contributed by atoms with Crippen LogP contribution in [0.2, 0.25) is 5.02 Å². The van der Waals surface area contributed by atoms with Crippen LogP contribution >= 0.6 is 23.4 Å². The standard InChI is InChI=1S/C12H16ClNO2S/c1-3-7(2)6-17-11-9(12(15)16)4-8(14)5-10(11)13/h4-5,7H,3,6,14H2,1-2H3,(H,15,16). The van der Waals surface area contributed by atoms with Gasteiger partial charge in [-0.05, 0) is 18.1 Å². The van der Waals surface area contributed by atoms with Crippen molar-refractivity contribution < 1.29 is 9.90 Å². The number of rotatable bonds is 5. The zero-order valence-corrected chi connectivity index (χ0v) is 11.4. The van der Waals surface area contributed by atoms with Crippen molar-refractivity contribution >= 4 is 35.0 Å². The van der Waals surface area contributed by atoms with Crippen LogP contribution in [0.3, 0.4) is 0 Å². The Labute approximate surface area is 110 Å². The highest BCUT2D eigenvalue weighted by molar-refractivity contribution is 7.99. The fourth-order valence-corrected chi connectivity index (χ4v) is 2.84. The predicted molar refractivity (Wildman–Crippen MR) is 73.0 cm³/mol. The largest absolute Gasteiger partial charge is 0.478 e. The van der Waals surface area contributed by atoms with Crippen LogP contribution in [0.1, 0.15) is 30.6 Å². The molecule has 0 aromatic heterocycles. The van der Waals surface area contributed by atoms with Crippen LogP contribution in [-0.4, -0.2) is 16.8 Å². The lowest BCUT2D eigenvalue weighted by Crippen LogP contribution is -2.03. The smallest absolute Gasteiger partial charge is 0.336 e. The van der Waals surface area contributed by atoms with Crippen molar-refractivity contribution in [3.05, 3.63) is 22.7 Å². The number of carboxylic acid groups (broad SMARTS) is 1. The molecule has 0 aliphatic carbocycles. The van der Waals surface area contributed by atoms with Crippen LogP contribution in [0.4, 0.5) is 5.69 Å². The summed E-state index contributed by atoms with van der Waals surface area (Å²) in [7, 11) is 0. The molecule has 94 valence electrons. The molecule has 3 N–H and O–H groups in total. The molecule has 1 aromatic rings. The minimum absolute atomic E-state index is 0.184. The Morgan fingerprint density at radius 3 is 2.76 bits per heavy atom. The first-order valence-electron chi connectivity index (χ1n) is 5.40. The lowest BCUT2D eigenvalue weighted by molar-refractivity contribution is 0.0693. The Hall–Kier alpha value is -0.870. The van der Waals surface area contributed by atoms with Gasteiger partial charge in [0.15, 0.2) is 0 Å². The lowest BCUT2D eigenvalue weighted by atomic mass is 10.2. The third-order valence-corrected chi connectivity index (χ3v) is 4.38. The van der Waals surface area contributed by atoms with Gasteiger partial charge in [0.05, 0.1) is 10.6 Å². The number of hydrogen-bond donors (Lipinski definition) is 2. The summed E-state index contributed by atoms with van der Waals surface area (Å²) in [5, 5.41) is 9.52. The summed E-state index contributed by atoms with van der Waals surface area (Å²) < 4.78 is 0. The molecule has 0 saturated carbocycles. The van der Waals surface area contributed by atoms with E-state index in [-0.39, 0.29) is 5.56 Å². The van der Waals surface area contributed by atoms with Crippen molar-refractivity contribution in [2.75, 3.05) is 11.5 Å². The maximum atomic E-state index is 11.1. The molecule has 1 aromatic carbocycles. The molecule has 0 aliphatic rings. The number of carbonyl (C=O) groups is 1. The summed E-state index contributed by atoms with van der Waals surface area (Å²) in [5.74, 6) is 0.376. The molecular weight excluding hydrogens is 258 g/mol. The molecule has 0 spiro atoms. The van der Waals surface area contributed by atoms with E-state index in [1.807, 2.05) is 0 Å². The number of anilines is 1. The second-order valence-electron chi connectivity index (χ2n) is 4.01. The Morgan fingerprint density at radius 2 is 2.24 bits per heavy atom. The number of benzene rings is 1. The van der Waals surface area contributed by atoms with Gasteiger partial charge < -0.3 is 10.8 Å². The fourth-order valence-electron chi connectivity index (χ4n) is 1.26. The van der Waals surface area contributed by atoms with E-state index < -0.39 is 5.97 Å². The number of nitrogens with two attached hydrogens (primary N) is 1. The van der Waals surface area contributed by atoms with Gasteiger partial charge >= 0.3 is 5.97 Å². The second-order valence-corrected chi connectivity index (χ2v) is 5.45. The summed E-state index contributed by atoms with van der Waals surface area (Å²) in [6, 6.07) is 3.04. The van der Waals surface area contributed by atoms with Crippen LogP contribution < -0.4 is 5.73 Å². The Bertz CT molecular complexity index is 423. The van der Waals surface area contributed by atoms with Gasteiger partial charge in [-0.3, -0.25) is 0 Å². The first-order valence-corrected chi connectivity index (χ1v) is 6.77. The van der Waals surface area contributed by atoms with Crippen molar-refractivity contribution in [2.24, 2.45) is 5.92 Å². The zero-order chi connectivity index (χ0) is 13.0. The topological polar surface area (TPSA) is 63.3 Å². The maximum absolute atomic E-state index is 11.1. The Morgan fingerprint density at radius 1 is 1.59 bits per heavy atom. The molecule has 1 atom stereocenters. The zero-order valence-electron chi connectivity index (χ0n) is 9.87. The van der Waals surface area contributed by atoms with E-state index in [1.165, 1.54) is 17.8 Å². The number of thioether (sulfide) groups is 1. The molecule has 0 amide bonds. The minimum atomic E-state index is -0.995. The molecule has 5 heteroatoms. The van der Waals surface area contributed by atoms with Gasteiger partial charge in [0.2, 0.25) is 0 Å². The van der Waals surface area contributed by atoms with Crippen molar-refractivity contribution in [2.45, 2.75) is 25.2 Å². The second kappa shape index (κ2) is 6.17. The van der Waals surface area contributed by atoms with Crippen molar-refractivity contribution in [1.82, 2.24) is 0 Å². The summed E-state index contributed by atoms with van der Waals surface area (Å²) >= 11 is 7.52. The molecule has 0 fully saturated rings. The molecule has 0 radical (unpaired) electrons. The Kier molecular flexibility index (Phi) is 5.15. The molecule has 0 saturated heterocycles. The van der Waals surface area contributed by atoms with Gasteiger partial charge in [-0.1, -0.05) is 31.9 Å². The number of aromatic carboxylic acids is 1. The number of nitrogen functional groups attached to an aromatic ring is 1. The lowest BCUT2D eigenvalue weighted by Gasteiger charge is -2.12. The first-order chi connectivity index (χ1) is 7.95. The third-order valence-electron chi connectivity index (χ3n) is 2.51. The summed E-state index contributed by atoms with van der Waals surface area (Å²) in [5.41, 5.74) is 6.15. The van der Waals surface area contributed by atoms with E-state index in [4.69, 9.17) is 22.4 Å². The molecule has 17 heavy (non-hydrogen) atoms. The first kappa shape index (κ1) is 14.2. The average Bonchev–Trinajstić information content (AvgIpc) is 2.26. The SMILES string of the molecule is CCC(C)CSc1c(Cl)cc(N)cc1C(=O)O. The average molecular weight is 274 g/mol. The van der Waals surface area contributed by atoms with E-state index in [0.717, 1.165) is 12.2 Å². The Balaban J connectivity index is 3.00. The van der Waals surface area contributed by atoms with E-state index in [0.29, 0.717) is 21.5 Å². The van der Waals surface area contributed by atoms with Gasteiger partial charge in [-0.2, -0.15) is 0 Å². The molecule has 0 heterocycles. The molecule has 0 aliphatic heterocycles.